The molecule has 1 aliphatic heterocycles. The number of amides is 1. The predicted octanol–water partition coefficient (Wildman–Crippen LogP) is 2.05. The Balaban J connectivity index is 1.85. The summed E-state index contributed by atoms with van der Waals surface area (Å²) < 4.78 is 4.93. The van der Waals surface area contributed by atoms with Crippen LogP contribution in [0.2, 0.25) is 5.02 Å². The molecule has 1 N–H and O–H groups in total. The minimum atomic E-state index is 0.134. The molecular weight excluding hydrogens is 304 g/mol. The van der Waals surface area contributed by atoms with E-state index >= 15 is 0 Å². The zero-order valence-electron chi connectivity index (χ0n) is 12.5. The molecule has 7 heteroatoms. The smallest absolute Gasteiger partial charge is 0.224 e. The van der Waals surface area contributed by atoms with E-state index in [-0.39, 0.29) is 11.9 Å². The van der Waals surface area contributed by atoms with Gasteiger partial charge in [-0.05, 0) is 18.9 Å². The molecule has 2 heterocycles. The fourth-order valence-electron chi connectivity index (χ4n) is 2.42. The summed E-state index contributed by atoms with van der Waals surface area (Å²) in [5, 5.41) is 12.5. The second-order valence-corrected chi connectivity index (χ2v) is 5.62. The van der Waals surface area contributed by atoms with Crippen molar-refractivity contribution in [2.75, 3.05) is 32.1 Å². The van der Waals surface area contributed by atoms with Gasteiger partial charge < -0.3 is 15.0 Å². The van der Waals surface area contributed by atoms with Crippen molar-refractivity contribution in [3.8, 4) is 6.07 Å². The third-order valence-corrected chi connectivity index (χ3v) is 3.97. The van der Waals surface area contributed by atoms with Crippen molar-refractivity contribution >= 4 is 23.3 Å². The van der Waals surface area contributed by atoms with Gasteiger partial charge >= 0.3 is 0 Å². The Morgan fingerprint density at radius 2 is 2.32 bits per heavy atom. The van der Waals surface area contributed by atoms with Crippen molar-refractivity contribution in [2.45, 2.75) is 25.3 Å². The number of piperidine rings is 1. The molecule has 1 saturated heterocycles. The van der Waals surface area contributed by atoms with Crippen LogP contribution in [0.3, 0.4) is 0 Å². The number of likely N-dealkylation sites (tertiary alicyclic amines) is 1. The molecule has 1 aromatic rings. The molecule has 1 aromatic heterocycles. The van der Waals surface area contributed by atoms with Crippen molar-refractivity contribution in [1.82, 2.24) is 9.88 Å². The second-order valence-electron chi connectivity index (χ2n) is 5.21. The zero-order valence-corrected chi connectivity index (χ0v) is 13.3. The Kier molecular flexibility index (Phi) is 5.99. The van der Waals surface area contributed by atoms with Crippen LogP contribution in [0.4, 0.5) is 5.82 Å². The van der Waals surface area contributed by atoms with E-state index in [1.807, 2.05) is 11.0 Å². The van der Waals surface area contributed by atoms with E-state index in [1.54, 1.807) is 13.2 Å². The van der Waals surface area contributed by atoms with E-state index in [1.165, 1.54) is 6.20 Å². The first-order valence-electron chi connectivity index (χ1n) is 7.23. The number of nitrogens with zero attached hydrogens (tertiary/aromatic N) is 3. The number of nitrogens with one attached hydrogen (secondary N) is 1. The molecule has 1 fully saturated rings. The largest absolute Gasteiger partial charge is 0.384 e. The summed E-state index contributed by atoms with van der Waals surface area (Å²) in [6.07, 6.45) is 3.61. The summed E-state index contributed by atoms with van der Waals surface area (Å²) in [6.45, 7) is 1.89. The fraction of sp³-hybridized carbons (Fsp3) is 0.533. The van der Waals surface area contributed by atoms with Gasteiger partial charge in [-0.2, -0.15) is 5.26 Å². The SMILES string of the molecule is COCCC(=O)N1CCC(Nc2ncc(C#N)cc2Cl)CC1. The van der Waals surface area contributed by atoms with Crippen molar-refractivity contribution < 1.29 is 9.53 Å². The summed E-state index contributed by atoms with van der Waals surface area (Å²) in [7, 11) is 1.60. The lowest BCUT2D eigenvalue weighted by Crippen LogP contribution is -2.42. The van der Waals surface area contributed by atoms with Crippen LogP contribution in [0, 0.1) is 11.3 Å². The van der Waals surface area contributed by atoms with E-state index in [4.69, 9.17) is 21.6 Å². The number of pyridine rings is 1. The quantitative estimate of drug-likeness (QED) is 0.897. The third-order valence-electron chi connectivity index (χ3n) is 3.68. The number of hydrogen-bond donors (Lipinski definition) is 1. The van der Waals surface area contributed by atoms with Gasteiger partial charge in [-0.25, -0.2) is 4.98 Å². The summed E-state index contributed by atoms with van der Waals surface area (Å²) in [4.78, 5) is 17.9. The van der Waals surface area contributed by atoms with E-state index in [0.29, 0.717) is 42.5 Å². The maximum absolute atomic E-state index is 11.9. The highest BCUT2D eigenvalue weighted by atomic mass is 35.5. The first-order valence-corrected chi connectivity index (χ1v) is 7.60. The van der Waals surface area contributed by atoms with Gasteiger partial charge in [0.05, 0.1) is 23.6 Å². The van der Waals surface area contributed by atoms with Crippen LogP contribution < -0.4 is 5.32 Å². The Bertz CT molecular complexity index is 565. The zero-order chi connectivity index (χ0) is 15.9. The predicted molar refractivity (Wildman–Crippen MR) is 83.7 cm³/mol. The Morgan fingerprint density at radius 3 is 2.91 bits per heavy atom. The Hall–Kier alpha value is -1.84. The van der Waals surface area contributed by atoms with Gasteiger partial charge in [0.1, 0.15) is 11.9 Å². The number of methoxy groups -OCH3 is 1. The fourth-order valence-corrected chi connectivity index (χ4v) is 2.64. The van der Waals surface area contributed by atoms with Crippen molar-refractivity contribution in [3.05, 3.63) is 22.8 Å². The molecule has 0 aromatic carbocycles. The van der Waals surface area contributed by atoms with Gasteiger partial charge in [-0.3, -0.25) is 4.79 Å². The molecular formula is C15H19ClN4O2. The second kappa shape index (κ2) is 7.97. The number of anilines is 1. The molecule has 118 valence electrons. The number of nitriles is 1. The number of carbonyl (C=O) groups excluding carboxylic acids is 1. The molecule has 1 amide bonds. The van der Waals surface area contributed by atoms with Crippen LogP contribution in [0.15, 0.2) is 12.3 Å². The number of carbonyl (C=O) groups is 1. The monoisotopic (exact) mass is 322 g/mol. The average molecular weight is 323 g/mol. The van der Waals surface area contributed by atoms with E-state index in [2.05, 4.69) is 10.3 Å². The summed E-state index contributed by atoms with van der Waals surface area (Å²) in [6, 6.07) is 3.83. The van der Waals surface area contributed by atoms with Crippen LogP contribution >= 0.6 is 11.6 Å². The lowest BCUT2D eigenvalue weighted by atomic mass is 10.0. The van der Waals surface area contributed by atoms with E-state index in [0.717, 1.165) is 12.8 Å². The number of ether oxygens (including phenoxy) is 1. The summed E-state index contributed by atoms with van der Waals surface area (Å²) >= 11 is 6.11. The van der Waals surface area contributed by atoms with Crippen molar-refractivity contribution in [1.29, 1.82) is 5.26 Å². The molecule has 0 aliphatic carbocycles. The Labute approximate surface area is 135 Å². The van der Waals surface area contributed by atoms with Gasteiger partial charge in [-0.1, -0.05) is 11.6 Å². The minimum Gasteiger partial charge on any atom is -0.384 e. The van der Waals surface area contributed by atoms with E-state index < -0.39 is 0 Å². The van der Waals surface area contributed by atoms with Gasteiger partial charge in [0.25, 0.3) is 0 Å². The van der Waals surface area contributed by atoms with Crippen LogP contribution in [-0.4, -0.2) is 48.6 Å². The molecule has 0 unspecified atom stereocenters. The van der Waals surface area contributed by atoms with Crippen LogP contribution in [0.1, 0.15) is 24.8 Å². The molecule has 0 radical (unpaired) electrons. The van der Waals surface area contributed by atoms with Gasteiger partial charge in [-0.15, -0.1) is 0 Å². The number of aromatic nitrogens is 1. The lowest BCUT2D eigenvalue weighted by Gasteiger charge is -2.32. The third kappa shape index (κ3) is 4.33. The first-order chi connectivity index (χ1) is 10.6. The van der Waals surface area contributed by atoms with Gasteiger partial charge in [0.15, 0.2) is 0 Å². The highest BCUT2D eigenvalue weighted by Gasteiger charge is 2.23. The highest BCUT2D eigenvalue weighted by molar-refractivity contribution is 6.33. The number of hydrogen-bond acceptors (Lipinski definition) is 5. The van der Waals surface area contributed by atoms with E-state index in [9.17, 15) is 4.79 Å². The topological polar surface area (TPSA) is 78.2 Å². The minimum absolute atomic E-state index is 0.134. The Morgan fingerprint density at radius 1 is 1.59 bits per heavy atom. The van der Waals surface area contributed by atoms with Gasteiger partial charge in [0, 0.05) is 32.4 Å². The summed E-state index contributed by atoms with van der Waals surface area (Å²) in [5.74, 6) is 0.722. The molecule has 22 heavy (non-hydrogen) atoms. The highest BCUT2D eigenvalue weighted by Crippen LogP contribution is 2.23. The molecule has 0 atom stereocenters. The summed E-state index contributed by atoms with van der Waals surface area (Å²) in [5.41, 5.74) is 0.439. The number of rotatable bonds is 5. The normalized spacial score (nSPS) is 15.4. The lowest BCUT2D eigenvalue weighted by molar-refractivity contribution is -0.133. The van der Waals surface area contributed by atoms with Crippen molar-refractivity contribution in [2.24, 2.45) is 0 Å². The van der Waals surface area contributed by atoms with Crippen LogP contribution in [0.25, 0.3) is 0 Å². The molecule has 0 bridgehead atoms. The molecule has 0 saturated carbocycles. The molecule has 1 aliphatic rings. The van der Waals surface area contributed by atoms with Gasteiger partial charge in [0.2, 0.25) is 5.91 Å². The van der Waals surface area contributed by atoms with Crippen molar-refractivity contribution in [3.63, 3.8) is 0 Å². The standard InChI is InChI=1S/C15H19ClN4O2/c1-22-7-4-14(21)20-5-2-12(3-6-20)19-15-13(16)8-11(9-17)10-18-15/h8,10,12H,2-7H2,1H3,(H,18,19). The first kappa shape index (κ1) is 16.5. The molecule has 2 rings (SSSR count). The average Bonchev–Trinajstić information content (AvgIpc) is 2.55. The number of halogens is 1. The molecule has 6 nitrogen and oxygen atoms in total. The maximum atomic E-state index is 11.9. The van der Waals surface area contributed by atoms with Crippen LogP contribution in [0.5, 0.6) is 0 Å². The van der Waals surface area contributed by atoms with Crippen LogP contribution in [-0.2, 0) is 9.53 Å². The maximum Gasteiger partial charge on any atom is 0.224 e. The molecule has 0 spiro atoms.